The normalized spacial score (nSPS) is 11.2. The molecule has 1 rings (SSSR count). The average molecular weight is 276 g/mol. The summed E-state index contributed by atoms with van der Waals surface area (Å²) in [4.78, 5) is 11.5. The maximum Gasteiger partial charge on any atom is 0.573 e. The highest BCUT2D eigenvalue weighted by Crippen LogP contribution is 2.29. The molecule has 0 aliphatic carbocycles. The SMILES string of the molecule is CNCCCC(=O)Nc1ccccc1OC(F)(F)F. The zero-order chi connectivity index (χ0) is 14.3. The average Bonchev–Trinajstić information content (AvgIpc) is 2.30. The monoisotopic (exact) mass is 276 g/mol. The number of hydrogen-bond donors (Lipinski definition) is 2. The second-order valence-corrected chi connectivity index (χ2v) is 3.80. The van der Waals surface area contributed by atoms with E-state index in [9.17, 15) is 18.0 Å². The minimum absolute atomic E-state index is 0.00860. The van der Waals surface area contributed by atoms with E-state index in [1.165, 1.54) is 18.2 Å². The van der Waals surface area contributed by atoms with Gasteiger partial charge in [-0.15, -0.1) is 13.2 Å². The molecule has 0 aliphatic rings. The number of ether oxygens (including phenoxy) is 1. The summed E-state index contributed by atoms with van der Waals surface area (Å²) < 4.78 is 40.3. The van der Waals surface area contributed by atoms with Gasteiger partial charge in [0.1, 0.15) is 0 Å². The van der Waals surface area contributed by atoms with Crippen molar-refractivity contribution in [2.24, 2.45) is 0 Å². The van der Waals surface area contributed by atoms with Crippen LogP contribution in [-0.2, 0) is 4.79 Å². The minimum atomic E-state index is -4.78. The summed E-state index contributed by atoms with van der Waals surface area (Å²) in [5, 5.41) is 5.28. The van der Waals surface area contributed by atoms with Crippen LogP contribution in [0, 0.1) is 0 Å². The van der Waals surface area contributed by atoms with Crippen LogP contribution in [0.3, 0.4) is 0 Å². The summed E-state index contributed by atoms with van der Waals surface area (Å²) in [6.45, 7) is 0.661. The Morgan fingerprint density at radius 2 is 2.00 bits per heavy atom. The summed E-state index contributed by atoms with van der Waals surface area (Å²) >= 11 is 0. The van der Waals surface area contributed by atoms with Gasteiger partial charge in [-0.3, -0.25) is 4.79 Å². The van der Waals surface area contributed by atoms with Crippen LogP contribution in [0.25, 0.3) is 0 Å². The van der Waals surface area contributed by atoms with Crippen LogP contribution in [0.5, 0.6) is 5.75 Å². The smallest absolute Gasteiger partial charge is 0.404 e. The molecule has 1 amide bonds. The lowest BCUT2D eigenvalue weighted by Gasteiger charge is -2.13. The Balaban J connectivity index is 2.64. The molecule has 0 radical (unpaired) electrons. The molecule has 1 aromatic rings. The Labute approximate surface area is 108 Å². The zero-order valence-corrected chi connectivity index (χ0v) is 10.4. The van der Waals surface area contributed by atoms with Crippen LogP contribution >= 0.6 is 0 Å². The number of anilines is 1. The number of amides is 1. The van der Waals surface area contributed by atoms with E-state index in [0.29, 0.717) is 13.0 Å². The van der Waals surface area contributed by atoms with Crippen molar-refractivity contribution < 1.29 is 22.7 Å². The van der Waals surface area contributed by atoms with Crippen molar-refractivity contribution in [3.63, 3.8) is 0 Å². The first kappa shape index (κ1) is 15.3. The first-order chi connectivity index (χ1) is 8.92. The van der Waals surface area contributed by atoms with Gasteiger partial charge in [0.2, 0.25) is 5.91 Å². The number of hydrogen-bond acceptors (Lipinski definition) is 3. The molecule has 0 aromatic heterocycles. The topological polar surface area (TPSA) is 50.4 Å². The highest BCUT2D eigenvalue weighted by atomic mass is 19.4. The van der Waals surface area contributed by atoms with Crippen molar-refractivity contribution in [1.29, 1.82) is 0 Å². The van der Waals surface area contributed by atoms with Crippen LogP contribution in [0.4, 0.5) is 18.9 Å². The maximum absolute atomic E-state index is 12.2. The van der Waals surface area contributed by atoms with Gasteiger partial charge in [-0.25, -0.2) is 0 Å². The molecular formula is C12H15F3N2O2. The van der Waals surface area contributed by atoms with E-state index in [2.05, 4.69) is 15.4 Å². The molecule has 1 aromatic carbocycles. The van der Waals surface area contributed by atoms with E-state index in [1.807, 2.05) is 0 Å². The number of carbonyl (C=O) groups excluding carboxylic acids is 1. The molecule has 0 fully saturated rings. The summed E-state index contributed by atoms with van der Waals surface area (Å²) in [6.07, 6.45) is -3.96. The number of nitrogens with one attached hydrogen (secondary N) is 2. The van der Waals surface area contributed by atoms with Gasteiger partial charge in [0.05, 0.1) is 5.69 Å². The lowest BCUT2D eigenvalue weighted by Crippen LogP contribution is -2.20. The molecule has 2 N–H and O–H groups in total. The lowest BCUT2D eigenvalue weighted by molar-refractivity contribution is -0.274. The summed E-state index contributed by atoms with van der Waals surface area (Å²) in [6, 6.07) is 5.43. The number of halogens is 3. The molecule has 0 atom stereocenters. The third-order valence-corrected chi connectivity index (χ3v) is 2.22. The largest absolute Gasteiger partial charge is 0.573 e. The maximum atomic E-state index is 12.2. The number of alkyl halides is 3. The third-order valence-electron chi connectivity index (χ3n) is 2.22. The Bertz CT molecular complexity index is 422. The van der Waals surface area contributed by atoms with E-state index >= 15 is 0 Å². The van der Waals surface area contributed by atoms with Gasteiger partial charge in [-0.05, 0) is 32.1 Å². The second kappa shape index (κ2) is 6.98. The molecule has 0 spiro atoms. The Hall–Kier alpha value is -1.76. The molecular weight excluding hydrogens is 261 g/mol. The molecule has 0 saturated carbocycles. The van der Waals surface area contributed by atoms with Gasteiger partial charge in [-0.2, -0.15) is 0 Å². The first-order valence-corrected chi connectivity index (χ1v) is 5.71. The fraction of sp³-hybridized carbons (Fsp3) is 0.417. The Morgan fingerprint density at radius 1 is 1.32 bits per heavy atom. The van der Waals surface area contributed by atoms with Crippen LogP contribution in [0.1, 0.15) is 12.8 Å². The Morgan fingerprint density at radius 3 is 2.63 bits per heavy atom. The first-order valence-electron chi connectivity index (χ1n) is 5.71. The number of rotatable bonds is 6. The summed E-state index contributed by atoms with van der Waals surface area (Å²) in [5.74, 6) is -0.773. The molecule has 0 saturated heterocycles. The van der Waals surface area contributed by atoms with Crippen molar-refractivity contribution >= 4 is 11.6 Å². The lowest BCUT2D eigenvalue weighted by atomic mass is 10.2. The third kappa shape index (κ3) is 6.10. The van der Waals surface area contributed by atoms with E-state index in [4.69, 9.17) is 0 Å². The quantitative estimate of drug-likeness (QED) is 0.785. The van der Waals surface area contributed by atoms with Gasteiger partial charge in [0.25, 0.3) is 0 Å². The summed E-state index contributed by atoms with van der Waals surface area (Å²) in [7, 11) is 1.75. The van der Waals surface area contributed by atoms with Crippen molar-refractivity contribution in [3.8, 4) is 5.75 Å². The van der Waals surface area contributed by atoms with Crippen molar-refractivity contribution in [2.45, 2.75) is 19.2 Å². The predicted octanol–water partition coefficient (Wildman–Crippen LogP) is 2.52. The molecule has 0 heterocycles. The van der Waals surface area contributed by atoms with Gasteiger partial charge in [0, 0.05) is 6.42 Å². The Kier molecular flexibility index (Phi) is 5.62. The van der Waals surface area contributed by atoms with Crippen LogP contribution in [0.15, 0.2) is 24.3 Å². The van der Waals surface area contributed by atoms with Crippen LogP contribution in [0.2, 0.25) is 0 Å². The van der Waals surface area contributed by atoms with Gasteiger partial charge in [-0.1, -0.05) is 12.1 Å². The second-order valence-electron chi connectivity index (χ2n) is 3.80. The van der Waals surface area contributed by atoms with E-state index in [1.54, 1.807) is 7.05 Å². The van der Waals surface area contributed by atoms with Gasteiger partial charge >= 0.3 is 6.36 Å². The molecule has 0 aliphatic heterocycles. The number of carbonyl (C=O) groups is 1. The molecule has 7 heteroatoms. The fourth-order valence-corrected chi connectivity index (χ4v) is 1.42. The van der Waals surface area contributed by atoms with E-state index in [-0.39, 0.29) is 18.0 Å². The van der Waals surface area contributed by atoms with E-state index in [0.717, 1.165) is 6.07 Å². The molecule has 19 heavy (non-hydrogen) atoms. The number of benzene rings is 1. The van der Waals surface area contributed by atoms with Crippen molar-refractivity contribution in [3.05, 3.63) is 24.3 Å². The van der Waals surface area contributed by atoms with Gasteiger partial charge in [0.15, 0.2) is 5.75 Å². The zero-order valence-electron chi connectivity index (χ0n) is 10.4. The highest BCUT2D eigenvalue weighted by Gasteiger charge is 2.32. The fourth-order valence-electron chi connectivity index (χ4n) is 1.42. The van der Waals surface area contributed by atoms with Crippen molar-refractivity contribution in [2.75, 3.05) is 18.9 Å². The molecule has 0 bridgehead atoms. The predicted molar refractivity (Wildman–Crippen MR) is 64.9 cm³/mol. The molecule has 4 nitrogen and oxygen atoms in total. The van der Waals surface area contributed by atoms with E-state index < -0.39 is 12.1 Å². The summed E-state index contributed by atoms with van der Waals surface area (Å²) in [5.41, 5.74) is 0.00860. The van der Waals surface area contributed by atoms with Gasteiger partial charge < -0.3 is 15.4 Å². The van der Waals surface area contributed by atoms with Crippen LogP contribution < -0.4 is 15.4 Å². The molecule has 0 unspecified atom stereocenters. The van der Waals surface area contributed by atoms with Crippen LogP contribution in [-0.4, -0.2) is 25.9 Å². The highest BCUT2D eigenvalue weighted by molar-refractivity contribution is 5.92. The molecule has 106 valence electrons. The minimum Gasteiger partial charge on any atom is -0.404 e. The van der Waals surface area contributed by atoms with Crippen molar-refractivity contribution in [1.82, 2.24) is 5.32 Å². The standard InChI is InChI=1S/C12H15F3N2O2/c1-16-8-4-7-11(18)17-9-5-2-3-6-10(9)19-12(13,14)15/h2-3,5-6,16H,4,7-8H2,1H3,(H,17,18). The number of para-hydroxylation sites is 2.